The van der Waals surface area contributed by atoms with Crippen molar-refractivity contribution in [3.05, 3.63) is 41.0 Å². The second-order valence-corrected chi connectivity index (χ2v) is 11.9. The zero-order valence-corrected chi connectivity index (χ0v) is 24.4. The maximum Gasteiger partial charge on any atom is 0.290 e. The number of imidazole rings is 1. The van der Waals surface area contributed by atoms with Crippen LogP contribution in [0, 0.1) is 0 Å². The zero-order valence-electron chi connectivity index (χ0n) is 23.6. The number of benzene rings is 1. The standard InChI is InChI=1S/C30H39N3O5S/c1-6-33(30(2,3)4)29(34)28-31-26(24-10-9-17-39-24)27-21-19-23(22(35-5)18-20(21)12-13-32(27)28)36-15-16-38-25-11-7-8-14-37-25/h9-10,17-19,25H,6-8,11-16H2,1-5H3. The van der Waals surface area contributed by atoms with E-state index in [1.807, 2.05) is 29.3 Å². The molecule has 3 aromatic rings. The number of hydrogen-bond acceptors (Lipinski definition) is 7. The first-order valence-corrected chi connectivity index (χ1v) is 14.7. The number of nitrogens with zero attached hydrogens (tertiary/aromatic N) is 3. The van der Waals surface area contributed by atoms with Gasteiger partial charge in [0.2, 0.25) is 0 Å². The highest BCUT2D eigenvalue weighted by molar-refractivity contribution is 7.13. The minimum Gasteiger partial charge on any atom is -0.493 e. The summed E-state index contributed by atoms with van der Waals surface area (Å²) >= 11 is 1.63. The highest BCUT2D eigenvalue weighted by Crippen LogP contribution is 2.44. The largest absolute Gasteiger partial charge is 0.493 e. The molecule has 2 aliphatic rings. The molecule has 9 heteroatoms. The second kappa shape index (κ2) is 11.7. The number of aryl methyl sites for hydroxylation is 1. The van der Waals surface area contributed by atoms with E-state index in [-0.39, 0.29) is 17.7 Å². The van der Waals surface area contributed by atoms with Gasteiger partial charge >= 0.3 is 0 Å². The minimum atomic E-state index is -0.312. The molecule has 0 saturated carbocycles. The van der Waals surface area contributed by atoms with Crippen LogP contribution in [0.5, 0.6) is 11.5 Å². The van der Waals surface area contributed by atoms with Crippen molar-refractivity contribution in [3.8, 4) is 33.3 Å². The Kier molecular flexibility index (Phi) is 8.30. The molecule has 39 heavy (non-hydrogen) atoms. The van der Waals surface area contributed by atoms with Crippen molar-refractivity contribution in [3.63, 3.8) is 0 Å². The van der Waals surface area contributed by atoms with Gasteiger partial charge in [-0.05, 0) is 82.5 Å². The topological polar surface area (TPSA) is 75.1 Å². The van der Waals surface area contributed by atoms with E-state index in [1.165, 1.54) is 0 Å². The third kappa shape index (κ3) is 5.71. The van der Waals surface area contributed by atoms with Gasteiger partial charge in [-0.3, -0.25) is 4.79 Å². The SMILES string of the molecule is CCN(C(=O)c1nc(-c2cccs2)c2n1CCc1cc(OC)c(OCCOC3CCCCO3)cc1-2)C(C)(C)C. The van der Waals surface area contributed by atoms with E-state index in [1.54, 1.807) is 18.4 Å². The first kappa shape index (κ1) is 27.7. The van der Waals surface area contributed by atoms with Crippen molar-refractivity contribution in [2.75, 3.05) is 33.5 Å². The van der Waals surface area contributed by atoms with Gasteiger partial charge in [0.25, 0.3) is 5.91 Å². The van der Waals surface area contributed by atoms with Crippen LogP contribution in [0.2, 0.25) is 0 Å². The van der Waals surface area contributed by atoms with Gasteiger partial charge in [0.1, 0.15) is 12.3 Å². The van der Waals surface area contributed by atoms with Crippen LogP contribution in [0.4, 0.5) is 0 Å². The van der Waals surface area contributed by atoms with E-state index in [4.69, 9.17) is 23.9 Å². The lowest BCUT2D eigenvalue weighted by atomic mass is 9.95. The van der Waals surface area contributed by atoms with Gasteiger partial charge < -0.3 is 28.4 Å². The summed E-state index contributed by atoms with van der Waals surface area (Å²) in [6.07, 6.45) is 3.75. The molecule has 8 nitrogen and oxygen atoms in total. The molecule has 0 spiro atoms. The third-order valence-electron chi connectivity index (χ3n) is 7.32. The molecule has 0 N–H and O–H groups in total. The van der Waals surface area contributed by atoms with Crippen molar-refractivity contribution in [1.29, 1.82) is 0 Å². The minimum absolute atomic E-state index is 0.0513. The smallest absolute Gasteiger partial charge is 0.290 e. The van der Waals surface area contributed by atoms with Crippen molar-refractivity contribution >= 4 is 17.2 Å². The quantitative estimate of drug-likeness (QED) is 0.302. The molecular formula is C30H39N3O5S. The van der Waals surface area contributed by atoms with Gasteiger partial charge in [0, 0.05) is 30.8 Å². The molecule has 4 heterocycles. The van der Waals surface area contributed by atoms with Crippen LogP contribution in [-0.2, 0) is 22.4 Å². The van der Waals surface area contributed by atoms with Gasteiger partial charge in [0.05, 0.1) is 24.3 Å². The van der Waals surface area contributed by atoms with Crippen molar-refractivity contribution in [1.82, 2.24) is 14.5 Å². The lowest BCUT2D eigenvalue weighted by Gasteiger charge is -2.34. The average molecular weight is 554 g/mol. The second-order valence-electron chi connectivity index (χ2n) is 10.9. The predicted octanol–water partition coefficient (Wildman–Crippen LogP) is 6.03. The number of methoxy groups -OCH3 is 1. The summed E-state index contributed by atoms with van der Waals surface area (Å²) in [6.45, 7) is 11.0. The summed E-state index contributed by atoms with van der Waals surface area (Å²) in [6, 6.07) is 8.16. The maximum atomic E-state index is 13.8. The number of carbonyl (C=O) groups excluding carboxylic acids is 1. The molecule has 1 aromatic carbocycles. The van der Waals surface area contributed by atoms with Crippen LogP contribution in [-0.4, -0.2) is 65.7 Å². The summed E-state index contributed by atoms with van der Waals surface area (Å²) < 4.78 is 25.5. The summed E-state index contributed by atoms with van der Waals surface area (Å²) in [7, 11) is 1.66. The predicted molar refractivity (Wildman–Crippen MR) is 153 cm³/mol. The Morgan fingerprint density at radius 1 is 1.23 bits per heavy atom. The van der Waals surface area contributed by atoms with E-state index in [2.05, 4.69) is 37.5 Å². The molecule has 0 bridgehead atoms. The Bertz CT molecular complexity index is 1290. The van der Waals surface area contributed by atoms with Gasteiger partial charge in [-0.1, -0.05) is 6.07 Å². The van der Waals surface area contributed by atoms with Crippen LogP contribution in [0.1, 0.15) is 63.1 Å². The first-order chi connectivity index (χ1) is 18.8. The highest BCUT2D eigenvalue weighted by Gasteiger charge is 2.34. The third-order valence-corrected chi connectivity index (χ3v) is 8.19. The molecule has 1 fully saturated rings. The summed E-state index contributed by atoms with van der Waals surface area (Å²) in [4.78, 5) is 21.7. The van der Waals surface area contributed by atoms with Gasteiger partial charge in [-0.25, -0.2) is 4.98 Å². The Hall–Kier alpha value is -2.88. The number of aromatic nitrogens is 2. The van der Waals surface area contributed by atoms with E-state index in [0.717, 1.165) is 59.7 Å². The molecule has 2 aromatic heterocycles. The number of amides is 1. The van der Waals surface area contributed by atoms with Crippen molar-refractivity contribution < 1.29 is 23.7 Å². The van der Waals surface area contributed by atoms with Gasteiger partial charge in [-0.15, -0.1) is 11.3 Å². The van der Waals surface area contributed by atoms with E-state index >= 15 is 0 Å². The zero-order chi connectivity index (χ0) is 27.6. The van der Waals surface area contributed by atoms with Crippen molar-refractivity contribution in [2.45, 2.75) is 71.8 Å². The van der Waals surface area contributed by atoms with Crippen LogP contribution in [0.15, 0.2) is 29.6 Å². The number of rotatable bonds is 9. The lowest BCUT2D eigenvalue weighted by molar-refractivity contribution is -0.165. The maximum absolute atomic E-state index is 13.8. The number of fused-ring (bicyclic) bond motifs is 3. The molecule has 1 atom stereocenters. The summed E-state index contributed by atoms with van der Waals surface area (Å²) in [5, 5.41) is 2.04. The van der Waals surface area contributed by atoms with E-state index < -0.39 is 0 Å². The molecule has 0 aliphatic carbocycles. The average Bonchev–Trinajstić information content (AvgIpc) is 3.59. The number of carbonyl (C=O) groups is 1. The summed E-state index contributed by atoms with van der Waals surface area (Å²) in [5.74, 6) is 1.77. The van der Waals surface area contributed by atoms with Gasteiger partial charge in [0.15, 0.2) is 23.6 Å². The lowest BCUT2D eigenvalue weighted by Crippen LogP contribution is -2.46. The summed E-state index contributed by atoms with van der Waals surface area (Å²) in [5.41, 5.74) is 3.63. The Labute approximate surface area is 234 Å². The number of thiophene rings is 1. The van der Waals surface area contributed by atoms with Crippen LogP contribution in [0.3, 0.4) is 0 Å². The van der Waals surface area contributed by atoms with E-state index in [0.29, 0.717) is 43.6 Å². The Morgan fingerprint density at radius 3 is 2.74 bits per heavy atom. The number of hydrogen-bond donors (Lipinski definition) is 0. The molecule has 1 unspecified atom stereocenters. The van der Waals surface area contributed by atoms with Crippen LogP contribution >= 0.6 is 11.3 Å². The molecule has 5 rings (SSSR count). The van der Waals surface area contributed by atoms with Crippen LogP contribution in [0.25, 0.3) is 21.8 Å². The molecular weight excluding hydrogens is 514 g/mol. The van der Waals surface area contributed by atoms with Gasteiger partial charge in [-0.2, -0.15) is 0 Å². The monoisotopic (exact) mass is 553 g/mol. The normalized spacial score (nSPS) is 16.9. The molecule has 210 valence electrons. The first-order valence-electron chi connectivity index (χ1n) is 13.9. The Balaban J connectivity index is 1.50. The fourth-order valence-electron chi connectivity index (χ4n) is 5.44. The molecule has 1 amide bonds. The fourth-order valence-corrected chi connectivity index (χ4v) is 6.16. The molecule has 1 saturated heterocycles. The Morgan fingerprint density at radius 2 is 2.08 bits per heavy atom. The highest BCUT2D eigenvalue weighted by atomic mass is 32.1. The van der Waals surface area contributed by atoms with Crippen LogP contribution < -0.4 is 9.47 Å². The van der Waals surface area contributed by atoms with E-state index in [9.17, 15) is 4.79 Å². The number of ether oxygens (including phenoxy) is 4. The molecule has 2 aliphatic heterocycles. The van der Waals surface area contributed by atoms with Crippen molar-refractivity contribution in [2.24, 2.45) is 0 Å². The molecule has 0 radical (unpaired) electrons. The fraction of sp³-hybridized carbons (Fsp3) is 0.533.